The van der Waals surface area contributed by atoms with E-state index in [1.165, 1.54) is 89.0 Å². The van der Waals surface area contributed by atoms with Crippen molar-refractivity contribution in [3.63, 3.8) is 0 Å². The van der Waals surface area contributed by atoms with Gasteiger partial charge in [-0.2, -0.15) is 0 Å². The lowest BCUT2D eigenvalue weighted by atomic mass is 9.65. The van der Waals surface area contributed by atoms with Crippen LogP contribution >= 0.6 is 0 Å². The van der Waals surface area contributed by atoms with Gasteiger partial charge < -0.3 is 4.90 Å². The van der Waals surface area contributed by atoms with E-state index in [4.69, 9.17) is 0 Å². The summed E-state index contributed by atoms with van der Waals surface area (Å²) >= 11 is 0. The van der Waals surface area contributed by atoms with Gasteiger partial charge in [0.15, 0.2) is 0 Å². The topological polar surface area (TPSA) is 3.24 Å². The van der Waals surface area contributed by atoms with Gasteiger partial charge in [0.05, 0.1) is 10.8 Å². The van der Waals surface area contributed by atoms with Gasteiger partial charge in [-0.3, -0.25) is 0 Å². The molecule has 0 heterocycles. The lowest BCUT2D eigenvalue weighted by Crippen LogP contribution is -2.30. The van der Waals surface area contributed by atoms with E-state index in [1.54, 1.807) is 0 Å². The Morgan fingerprint density at radius 2 is 0.620 bits per heavy atom. The van der Waals surface area contributed by atoms with E-state index in [-0.39, 0.29) is 10.8 Å². The maximum atomic E-state index is 2.51. The van der Waals surface area contributed by atoms with Crippen LogP contribution in [0.2, 0.25) is 0 Å². The normalized spacial score (nSPS) is 16.7. The minimum Gasteiger partial charge on any atom is -0.310 e. The van der Waals surface area contributed by atoms with Crippen molar-refractivity contribution in [2.24, 2.45) is 0 Å². The molecule has 0 fully saturated rings. The van der Waals surface area contributed by atoms with Crippen molar-refractivity contribution in [3.8, 4) is 33.4 Å². The summed E-state index contributed by atoms with van der Waals surface area (Å²) in [7, 11) is 0. The fraction of sp³-hybridized carbons (Fsp3) is 0.143. The summed E-state index contributed by atoms with van der Waals surface area (Å²) in [6.07, 6.45) is 0. The Morgan fingerprint density at radius 3 is 1.11 bits per heavy atom. The maximum Gasteiger partial charge on any atom is 0.0720 e. The van der Waals surface area contributed by atoms with Crippen molar-refractivity contribution in [3.05, 3.63) is 304 Å². The molecule has 0 aromatic heterocycles. The van der Waals surface area contributed by atoms with Crippen LogP contribution in [0.25, 0.3) is 33.4 Å². The van der Waals surface area contributed by atoms with Crippen molar-refractivity contribution in [2.45, 2.75) is 63.2 Å². The molecular weight excluding hydrogens is 855 g/mol. The van der Waals surface area contributed by atoms with Gasteiger partial charge >= 0.3 is 0 Å². The third kappa shape index (κ3) is 6.97. The number of hydrogen-bond acceptors (Lipinski definition) is 1. The van der Waals surface area contributed by atoms with Crippen LogP contribution < -0.4 is 4.90 Å². The molecule has 0 N–H and O–H groups in total. The van der Waals surface area contributed by atoms with Gasteiger partial charge in [-0.05, 0) is 136 Å². The largest absolute Gasteiger partial charge is 0.310 e. The average Bonchev–Trinajstić information content (AvgIpc) is 3.87. The third-order valence-corrected chi connectivity index (χ3v) is 15.6. The Morgan fingerprint density at radius 1 is 0.268 bits per heavy atom. The summed E-state index contributed by atoms with van der Waals surface area (Å²) in [5, 5.41) is 0. The second-order valence-electron chi connectivity index (χ2n) is 21.7. The SMILES string of the molecule is CC(C)(C)c1ccc(C2(c3ccccc3)c3ccccc3-c3ccc(N(c4ccccc4)c4ccc5c(c4)C(c4ccc(C(C)(C)C)cc4)(c4ccccc4-c4ccccc4)c4ccccc4-5)cc32)cc1. The van der Waals surface area contributed by atoms with E-state index < -0.39 is 10.8 Å². The summed E-state index contributed by atoms with van der Waals surface area (Å²) in [6.45, 7) is 13.8. The molecule has 344 valence electrons. The van der Waals surface area contributed by atoms with E-state index in [9.17, 15) is 0 Å². The van der Waals surface area contributed by atoms with Crippen molar-refractivity contribution in [1.82, 2.24) is 0 Å². The number of nitrogens with zero attached hydrogens (tertiary/aromatic N) is 1. The Hall–Kier alpha value is -8.00. The quantitative estimate of drug-likeness (QED) is 0.147. The van der Waals surface area contributed by atoms with E-state index >= 15 is 0 Å². The van der Waals surface area contributed by atoms with Gasteiger partial charge in [0.1, 0.15) is 0 Å². The minimum atomic E-state index is -0.644. The lowest BCUT2D eigenvalue weighted by Gasteiger charge is -2.37. The van der Waals surface area contributed by atoms with Gasteiger partial charge in [-0.1, -0.05) is 254 Å². The van der Waals surface area contributed by atoms with Crippen LogP contribution in [0.15, 0.2) is 249 Å². The van der Waals surface area contributed by atoms with Crippen LogP contribution in [-0.4, -0.2) is 0 Å². The first-order valence-electron chi connectivity index (χ1n) is 25.3. The summed E-state index contributed by atoms with van der Waals surface area (Å²) < 4.78 is 0. The highest BCUT2D eigenvalue weighted by Gasteiger charge is 2.49. The monoisotopic (exact) mass is 913 g/mol. The Labute approximate surface area is 420 Å². The number of anilines is 3. The molecule has 10 aromatic rings. The Bertz CT molecular complexity index is 3580. The fourth-order valence-corrected chi connectivity index (χ4v) is 12.2. The van der Waals surface area contributed by atoms with Gasteiger partial charge in [0.25, 0.3) is 0 Å². The van der Waals surface area contributed by atoms with Crippen LogP contribution in [0.1, 0.15) is 97.2 Å². The highest BCUT2D eigenvalue weighted by molar-refractivity contribution is 5.93. The summed E-state index contributed by atoms with van der Waals surface area (Å²) in [6, 6.07) is 93.9. The smallest absolute Gasteiger partial charge is 0.0720 e. The molecule has 2 unspecified atom stereocenters. The number of rotatable bonds is 8. The van der Waals surface area contributed by atoms with E-state index in [1.807, 2.05) is 0 Å². The minimum absolute atomic E-state index is 0.00763. The molecule has 0 spiro atoms. The Balaban J connectivity index is 1.13. The molecule has 0 radical (unpaired) electrons. The molecule has 1 nitrogen and oxygen atoms in total. The molecule has 10 aromatic carbocycles. The third-order valence-electron chi connectivity index (χ3n) is 15.6. The summed E-state index contributed by atoms with van der Waals surface area (Å²) in [5.41, 5.74) is 22.5. The van der Waals surface area contributed by atoms with Gasteiger partial charge in [0, 0.05) is 17.1 Å². The molecule has 0 saturated heterocycles. The van der Waals surface area contributed by atoms with E-state index in [2.05, 4.69) is 295 Å². The zero-order valence-corrected chi connectivity index (χ0v) is 41.6. The number of hydrogen-bond donors (Lipinski definition) is 0. The van der Waals surface area contributed by atoms with Crippen LogP contribution in [0.4, 0.5) is 17.1 Å². The van der Waals surface area contributed by atoms with Crippen LogP contribution in [0.3, 0.4) is 0 Å². The first-order chi connectivity index (χ1) is 34.5. The van der Waals surface area contributed by atoms with Crippen LogP contribution in [-0.2, 0) is 21.7 Å². The second-order valence-corrected chi connectivity index (χ2v) is 21.7. The first kappa shape index (κ1) is 44.2. The molecular formula is C70H59N. The van der Waals surface area contributed by atoms with Gasteiger partial charge in [0.2, 0.25) is 0 Å². The lowest BCUT2D eigenvalue weighted by molar-refractivity contribution is 0.589. The molecule has 71 heavy (non-hydrogen) atoms. The molecule has 1 heteroatoms. The van der Waals surface area contributed by atoms with Crippen molar-refractivity contribution < 1.29 is 0 Å². The summed E-state index contributed by atoms with van der Waals surface area (Å²) in [4.78, 5) is 2.49. The highest BCUT2D eigenvalue weighted by Crippen LogP contribution is 2.60. The maximum absolute atomic E-state index is 2.51. The molecule has 2 aliphatic carbocycles. The van der Waals surface area contributed by atoms with E-state index in [0.717, 1.165) is 17.1 Å². The second kappa shape index (κ2) is 16.9. The van der Waals surface area contributed by atoms with Gasteiger partial charge in [-0.15, -0.1) is 0 Å². The van der Waals surface area contributed by atoms with Crippen molar-refractivity contribution >= 4 is 17.1 Å². The average molecular weight is 914 g/mol. The predicted octanol–water partition coefficient (Wildman–Crippen LogP) is 18.1. The van der Waals surface area contributed by atoms with Gasteiger partial charge in [-0.25, -0.2) is 0 Å². The van der Waals surface area contributed by atoms with Crippen molar-refractivity contribution in [2.75, 3.05) is 4.90 Å². The number of para-hydroxylation sites is 1. The highest BCUT2D eigenvalue weighted by atomic mass is 15.1. The number of benzene rings is 10. The summed E-state index contributed by atoms with van der Waals surface area (Å²) in [5.74, 6) is 0. The fourth-order valence-electron chi connectivity index (χ4n) is 12.2. The molecule has 0 amide bonds. The molecule has 0 aliphatic heterocycles. The van der Waals surface area contributed by atoms with E-state index in [0.29, 0.717) is 0 Å². The molecule has 0 saturated carbocycles. The van der Waals surface area contributed by atoms with Crippen LogP contribution in [0, 0.1) is 0 Å². The molecule has 2 aliphatic rings. The first-order valence-corrected chi connectivity index (χ1v) is 25.3. The van der Waals surface area contributed by atoms with Crippen molar-refractivity contribution in [1.29, 1.82) is 0 Å². The van der Waals surface area contributed by atoms with Crippen LogP contribution in [0.5, 0.6) is 0 Å². The number of fused-ring (bicyclic) bond motifs is 6. The molecule has 12 rings (SSSR count). The zero-order valence-electron chi connectivity index (χ0n) is 41.6. The standard InChI is InChI=1S/C70H59N/c1-67(2,3)49-34-38-52(39-35-49)69(51-24-12-8-13-25-51)63-32-20-17-29-58(63)60-44-42-55(46-65(60)69)71(54-26-14-9-15-27-54)56-43-45-61-59-30-18-21-33-64(59)70(66(61)47-56,53-40-36-50(37-41-53)68(4,5)6)62-31-19-16-28-57(62)48-22-10-7-11-23-48/h7-47H,1-6H3. The Kier molecular flexibility index (Phi) is 10.5. The predicted molar refractivity (Wildman–Crippen MR) is 299 cm³/mol. The zero-order chi connectivity index (χ0) is 48.5. The molecule has 2 atom stereocenters. The molecule has 0 bridgehead atoms.